The van der Waals surface area contributed by atoms with E-state index in [1.54, 1.807) is 12.1 Å². The van der Waals surface area contributed by atoms with Crippen LogP contribution >= 0.6 is 0 Å². The van der Waals surface area contributed by atoms with Crippen LogP contribution in [0.3, 0.4) is 0 Å². The molecule has 0 heterocycles. The zero-order valence-electron chi connectivity index (χ0n) is 43.6. The van der Waals surface area contributed by atoms with Crippen LogP contribution in [0.2, 0.25) is 0 Å². The van der Waals surface area contributed by atoms with Crippen LogP contribution in [0.15, 0.2) is 114 Å². The Morgan fingerprint density at radius 2 is 0.918 bits per heavy atom. The van der Waals surface area contributed by atoms with Crippen molar-refractivity contribution in [2.45, 2.75) is 57.2 Å². The van der Waals surface area contributed by atoms with Gasteiger partial charge in [0.25, 0.3) is 5.90 Å². The molecule has 0 radical (unpaired) electrons. The minimum absolute atomic E-state index is 0. The second-order valence-electron chi connectivity index (χ2n) is 10.8. The van der Waals surface area contributed by atoms with Crippen LogP contribution in [0.1, 0.15) is 71.7 Å². The molecule has 0 amide bonds. The summed E-state index contributed by atoms with van der Waals surface area (Å²) in [6.07, 6.45) is 4.91. The molecule has 61 heavy (non-hydrogen) atoms. The van der Waals surface area contributed by atoms with E-state index in [4.69, 9.17) is 9.57 Å². The Morgan fingerprint density at radius 1 is 0.525 bits per heavy atom. The summed E-state index contributed by atoms with van der Waals surface area (Å²) in [6.45, 7) is 0.666. The summed E-state index contributed by atoms with van der Waals surface area (Å²) < 4.78 is 6.08. The number of Topliss-reactive ketones (excluding diaryl/α,β-unsaturated/α-hetero) is 1. The number of rotatable bonds is 11. The molecule has 6 nitrogen and oxygen atoms in total. The van der Waals surface area contributed by atoms with Gasteiger partial charge in [0.15, 0.2) is 0 Å². The molecule has 5 rings (SSSR count). The maximum absolute atomic E-state index is 13.9. The fraction of sp³-hybridized carbons (Fsp3) is 0.250. The molecule has 0 aromatic heterocycles. The van der Waals surface area contributed by atoms with E-state index in [2.05, 4.69) is 5.16 Å². The summed E-state index contributed by atoms with van der Waals surface area (Å²) in [7, 11) is 0. The predicted octanol–water partition coefficient (Wildman–Crippen LogP) is -2.24. The van der Waals surface area contributed by atoms with Gasteiger partial charge in [-0.1, -0.05) is 104 Å². The van der Waals surface area contributed by atoms with Crippen LogP contribution in [0.25, 0.3) is 0 Å². The average molecular weight is 1310 g/mol. The molecule has 1 aliphatic rings. The van der Waals surface area contributed by atoms with Crippen molar-refractivity contribution >= 4 is 586 Å². The van der Waals surface area contributed by atoms with Gasteiger partial charge in [0, 0.05) is 12.0 Å². The summed E-state index contributed by atoms with van der Waals surface area (Å²) in [5, 5.41) is 13.6. The molecule has 0 bridgehead atoms. The molecule has 234 valence electrons. The number of ether oxygens (including phenoxy) is 1. The van der Waals surface area contributed by atoms with Crippen LogP contribution in [-0.2, 0) is 39.4 Å². The molecule has 0 atom stereocenters. The standard InChI is InChI=1S/C36H35NO5.19K.H/c38-33(36(22-8-3-9-23-36)32-20-18-31(19-21-32)35(39)40)24-27-14-16-30(17-15-27)34(41-25-28-10-4-1-5-11-28)37-42-26-29-12-6-2-7-13-29;;;;;;;;;;;;;;;;;;;;/h1-2,4-7,10-21H,3,8-9,22-26H2,(H,39,40);;;;;;;;;;;;;;;;;;;;/q;;;;;;;;;;;;;;;;;;;+1;-1/b37-34-;;;;;;;;;;;;;;;;;;;;. The van der Waals surface area contributed by atoms with Gasteiger partial charge in [-0.05, 0) is 64.5 Å². The number of nitrogens with zero attached hydrogens (tertiary/aromatic N) is 1. The number of benzene rings is 4. The number of ketones is 1. The van der Waals surface area contributed by atoms with Crippen molar-refractivity contribution in [1.29, 1.82) is 0 Å². The monoisotopic (exact) mass is 1300 g/mol. The fourth-order valence-corrected chi connectivity index (χ4v) is 5.56. The summed E-state index contributed by atoms with van der Waals surface area (Å²) >= 11 is 22.5. The topological polar surface area (TPSA) is 85.2 Å². The molecule has 4 aromatic rings. The van der Waals surface area contributed by atoms with Gasteiger partial charge in [-0.15, -0.1) is 0 Å². The quantitative estimate of drug-likeness (QED) is 0.0797. The average Bonchev–Trinajstić information content (AvgIpc) is 3.37. The Bertz CT molecular complexity index is 1550. The minimum atomic E-state index is -0.966. The molecule has 1 N–H and O–H groups in total. The van der Waals surface area contributed by atoms with E-state index < -0.39 is 11.4 Å². The number of hydrogen-bond donors (Lipinski definition) is 1. The van der Waals surface area contributed by atoms with Crippen LogP contribution in [0.4, 0.5) is 0 Å². The summed E-state index contributed by atoms with van der Waals surface area (Å²) in [5.41, 5.74) is 4.23. The second kappa shape index (κ2) is 80.6. The van der Waals surface area contributed by atoms with E-state index in [0.29, 0.717) is 25.5 Å². The van der Waals surface area contributed by atoms with Gasteiger partial charge in [-0.3, -0.25) is 4.79 Å². The molecule has 1 saturated carbocycles. The third kappa shape index (κ3) is 53.3. The molecule has 0 saturated heterocycles. The summed E-state index contributed by atoms with van der Waals surface area (Å²) in [6, 6.07) is 34.2. The first-order chi connectivity index (χ1) is 29.5. The number of carbonyl (C=O) groups excluding carboxylic acids is 1. The van der Waals surface area contributed by atoms with Crippen molar-refractivity contribution in [2.24, 2.45) is 5.16 Å². The van der Waals surface area contributed by atoms with E-state index in [1.807, 2.05) is 97.1 Å². The normalized spacial score (nSPS) is 11.2. The van der Waals surface area contributed by atoms with E-state index in [0.717, 1.165) is 59.9 Å². The zero-order valence-corrected chi connectivity index (χ0v) is 102. The van der Waals surface area contributed by atoms with Crippen LogP contribution in [0, 0.1) is 0 Å². The van der Waals surface area contributed by atoms with Crippen molar-refractivity contribution in [2.75, 3.05) is 0 Å². The number of oxime groups is 1. The SMILES string of the molecule is O=C(O)c1ccc(C2(C(=O)Cc3ccc(/C(=N/OCc4ccccc4)OCc4ccccc4)cc3)CCCCC2)cc1.[H-].[K+].[K][K].[K][K].[K][K].[K][K].[K][K].[K][K].[K][K].[K][K].[K][K]. The van der Waals surface area contributed by atoms with Crippen molar-refractivity contribution in [1.82, 2.24) is 0 Å². The molecule has 1 aliphatic carbocycles. The number of carbonyl (C=O) groups is 2. The van der Waals surface area contributed by atoms with E-state index in [-0.39, 0.29) is 64.2 Å². The van der Waals surface area contributed by atoms with Crippen LogP contribution in [0.5, 0.6) is 0 Å². The Kier molecular flexibility index (Phi) is 130. The Morgan fingerprint density at radius 3 is 1.33 bits per heavy atom. The first kappa shape index (κ1) is 98.4. The van der Waals surface area contributed by atoms with Gasteiger partial charge >= 0.3 is 626 Å². The molecular weight excluding hydrogens is 1270 g/mol. The van der Waals surface area contributed by atoms with Gasteiger partial charge in [0.1, 0.15) is 19.0 Å². The Balaban J connectivity index is -0.000000269. The van der Waals surface area contributed by atoms with Crippen molar-refractivity contribution < 1.29 is 77.1 Å². The third-order valence-electron chi connectivity index (χ3n) is 7.93. The van der Waals surface area contributed by atoms with Gasteiger partial charge in [-0.2, -0.15) is 0 Å². The fourth-order valence-electron chi connectivity index (χ4n) is 5.56. The number of aromatic carboxylic acids is 1. The zero-order chi connectivity index (χ0) is 47.2. The molecule has 0 aliphatic heterocycles. The number of carboxylic acid groups (broad SMARTS) is 1. The Hall–Kier alpha value is 26.4. The van der Waals surface area contributed by atoms with Gasteiger partial charge in [0.05, 0.1) is 11.0 Å². The molecule has 4 aromatic carbocycles. The molecule has 0 spiro atoms. The van der Waals surface area contributed by atoms with E-state index in [1.165, 1.54) is 568 Å². The van der Waals surface area contributed by atoms with Crippen molar-refractivity contribution in [3.05, 3.63) is 143 Å². The molecule has 1 fully saturated rings. The summed E-state index contributed by atoms with van der Waals surface area (Å²) in [5.74, 6) is -0.430. The first-order valence-electron chi connectivity index (χ1n) is 23.4. The van der Waals surface area contributed by atoms with Crippen LogP contribution < -0.4 is 51.4 Å². The molecule has 25 heteroatoms. The maximum atomic E-state index is 13.9. The first-order valence-corrected chi connectivity index (χ1v) is 167. The molecular formula is C36H36K19NO5. The van der Waals surface area contributed by atoms with Gasteiger partial charge < -0.3 is 16.1 Å². The molecule has 0 unspecified atom stereocenters. The second-order valence-corrected chi connectivity index (χ2v) is 10.8. The van der Waals surface area contributed by atoms with Crippen molar-refractivity contribution in [3.8, 4) is 0 Å². The third-order valence-corrected chi connectivity index (χ3v) is 7.93. The van der Waals surface area contributed by atoms with E-state index >= 15 is 0 Å². The number of hydrogen-bond acceptors (Lipinski definition) is 5. The Labute approximate surface area is 821 Å². The van der Waals surface area contributed by atoms with Gasteiger partial charge in [0.2, 0.25) is 0 Å². The van der Waals surface area contributed by atoms with E-state index in [9.17, 15) is 14.7 Å². The predicted molar refractivity (Wildman–Crippen MR) is 267 cm³/mol. The van der Waals surface area contributed by atoms with Gasteiger partial charge in [-0.25, -0.2) is 4.79 Å². The summed E-state index contributed by atoms with van der Waals surface area (Å²) in [4.78, 5) is 30.9. The van der Waals surface area contributed by atoms with Crippen molar-refractivity contribution in [3.63, 3.8) is 0 Å². The van der Waals surface area contributed by atoms with Crippen LogP contribution in [-0.4, -0.2) is 591 Å². The number of carboxylic acids is 1.